The third-order valence-electron chi connectivity index (χ3n) is 10.1. The first-order valence-corrected chi connectivity index (χ1v) is 16.0. The lowest BCUT2D eigenvalue weighted by atomic mass is 9.80. The van der Waals surface area contributed by atoms with Gasteiger partial charge in [0.25, 0.3) is 0 Å². The monoisotopic (exact) mass is 632 g/mol. The van der Waals surface area contributed by atoms with E-state index in [0.717, 1.165) is 83.8 Å². The zero-order valence-electron chi connectivity index (χ0n) is 27.7. The van der Waals surface area contributed by atoms with Gasteiger partial charge in [-0.05, 0) is 94.7 Å². The predicted octanol–water partition coefficient (Wildman–Crippen LogP) is 9.77. The molecule has 0 spiro atoms. The topological polar surface area (TPSA) is 46.2 Å². The van der Waals surface area contributed by atoms with Crippen LogP contribution in [-0.2, 0) is 15.9 Å². The second-order valence-corrected chi connectivity index (χ2v) is 12.4. The fourth-order valence-electron chi connectivity index (χ4n) is 7.49. The maximum absolute atomic E-state index is 7.42. The Hall–Kier alpha value is -5.52. The summed E-state index contributed by atoms with van der Waals surface area (Å²) in [4.78, 5) is 0. The molecule has 0 amide bonds. The molecule has 1 unspecified atom stereocenters. The van der Waals surface area contributed by atoms with Crippen LogP contribution in [0.15, 0.2) is 121 Å². The minimum absolute atomic E-state index is 0.745. The van der Waals surface area contributed by atoms with E-state index >= 15 is 0 Å². The van der Waals surface area contributed by atoms with Crippen LogP contribution < -0.4 is 18.9 Å². The first-order valence-electron chi connectivity index (χ1n) is 16.0. The van der Waals surface area contributed by atoms with Gasteiger partial charge in [-0.3, -0.25) is 0 Å². The fourth-order valence-corrected chi connectivity index (χ4v) is 7.49. The average molecular weight is 633 g/mol. The first kappa shape index (κ1) is 29.9. The van der Waals surface area contributed by atoms with Crippen molar-refractivity contribution in [1.29, 1.82) is 0 Å². The number of ether oxygens (including phenoxy) is 5. The van der Waals surface area contributed by atoms with E-state index in [9.17, 15) is 0 Å². The SMILES string of the molecule is COc1ccc(C2(c3ccc(OC)cc3)C=Cc3c4c(c5cc(OC)ccc5c3O2)-c2ccc(-c3ccccc3)cc2C4(C)OC)cc1. The van der Waals surface area contributed by atoms with Crippen LogP contribution in [-0.4, -0.2) is 28.4 Å². The number of methoxy groups -OCH3 is 4. The summed E-state index contributed by atoms with van der Waals surface area (Å²) in [5, 5.41) is 2.05. The third-order valence-corrected chi connectivity index (χ3v) is 10.1. The molecule has 8 rings (SSSR count). The summed E-state index contributed by atoms with van der Waals surface area (Å²) in [6.07, 6.45) is 4.39. The third kappa shape index (κ3) is 4.35. The molecule has 0 fully saturated rings. The Balaban J connectivity index is 1.41. The van der Waals surface area contributed by atoms with Gasteiger partial charge in [0.1, 0.15) is 28.6 Å². The molecular weight excluding hydrogens is 596 g/mol. The maximum Gasteiger partial charge on any atom is 0.178 e. The zero-order chi connectivity index (χ0) is 33.0. The van der Waals surface area contributed by atoms with Gasteiger partial charge in [0.2, 0.25) is 0 Å². The van der Waals surface area contributed by atoms with Crippen molar-refractivity contribution in [2.24, 2.45) is 0 Å². The Morgan fingerprint density at radius 2 is 1.21 bits per heavy atom. The molecule has 6 aromatic carbocycles. The van der Waals surface area contributed by atoms with Gasteiger partial charge in [-0.15, -0.1) is 0 Å². The summed E-state index contributed by atoms with van der Waals surface area (Å²) in [6, 6.07) is 39.6. The lowest BCUT2D eigenvalue weighted by molar-refractivity contribution is 0.0424. The lowest BCUT2D eigenvalue weighted by Gasteiger charge is -2.38. The molecule has 5 heteroatoms. The lowest BCUT2D eigenvalue weighted by Crippen LogP contribution is -2.35. The highest BCUT2D eigenvalue weighted by Crippen LogP contribution is 2.59. The molecule has 0 radical (unpaired) electrons. The average Bonchev–Trinajstić information content (AvgIpc) is 3.43. The summed E-state index contributed by atoms with van der Waals surface area (Å²) < 4.78 is 30.8. The van der Waals surface area contributed by atoms with Gasteiger partial charge in [-0.1, -0.05) is 72.8 Å². The van der Waals surface area contributed by atoms with Crippen molar-refractivity contribution < 1.29 is 23.7 Å². The molecule has 1 aliphatic carbocycles. The van der Waals surface area contributed by atoms with Gasteiger partial charge >= 0.3 is 0 Å². The summed E-state index contributed by atoms with van der Waals surface area (Å²) in [6.45, 7) is 2.17. The fraction of sp³-hybridized carbons (Fsp3) is 0.163. The van der Waals surface area contributed by atoms with Gasteiger partial charge in [-0.25, -0.2) is 0 Å². The molecule has 6 aromatic rings. The number of hydrogen-bond acceptors (Lipinski definition) is 5. The Bertz CT molecular complexity index is 2150. The molecule has 238 valence electrons. The van der Waals surface area contributed by atoms with E-state index in [2.05, 4.69) is 97.9 Å². The summed E-state index contributed by atoms with van der Waals surface area (Å²) >= 11 is 0. The van der Waals surface area contributed by atoms with E-state index in [4.69, 9.17) is 23.7 Å². The van der Waals surface area contributed by atoms with E-state index in [1.165, 1.54) is 0 Å². The van der Waals surface area contributed by atoms with Crippen LogP contribution in [0.25, 0.3) is 39.1 Å². The van der Waals surface area contributed by atoms with Gasteiger partial charge in [-0.2, -0.15) is 0 Å². The second-order valence-electron chi connectivity index (χ2n) is 12.4. The molecule has 1 atom stereocenters. The standard InChI is InChI=1S/C43H36O5/c1-42(47-5)38-25-28(27-9-7-6-8-10-27)11-21-35(38)39-37-26-33(46-4)20-22-34(37)41-36(40(39)42)23-24-43(48-41,29-12-16-31(44-2)17-13-29)30-14-18-32(45-3)19-15-30/h6-26H,1-5H3. The Labute approximate surface area is 280 Å². The molecule has 0 N–H and O–H groups in total. The molecule has 1 aliphatic heterocycles. The van der Waals surface area contributed by atoms with Crippen LogP contribution in [0.4, 0.5) is 0 Å². The predicted molar refractivity (Wildman–Crippen MR) is 191 cm³/mol. The van der Waals surface area contributed by atoms with Crippen molar-refractivity contribution in [2.75, 3.05) is 28.4 Å². The van der Waals surface area contributed by atoms with Crippen LogP contribution in [0, 0.1) is 0 Å². The Morgan fingerprint density at radius 3 is 1.81 bits per heavy atom. The molecule has 0 saturated heterocycles. The van der Waals surface area contributed by atoms with Crippen molar-refractivity contribution in [1.82, 2.24) is 0 Å². The van der Waals surface area contributed by atoms with Crippen molar-refractivity contribution in [3.8, 4) is 45.3 Å². The smallest absolute Gasteiger partial charge is 0.178 e. The summed E-state index contributed by atoms with van der Waals surface area (Å²) in [5.74, 6) is 3.13. The van der Waals surface area contributed by atoms with Crippen molar-refractivity contribution >= 4 is 16.8 Å². The quantitative estimate of drug-likeness (QED) is 0.175. The van der Waals surface area contributed by atoms with Crippen LogP contribution >= 0.6 is 0 Å². The molecule has 0 saturated carbocycles. The van der Waals surface area contributed by atoms with Gasteiger partial charge < -0.3 is 23.7 Å². The van der Waals surface area contributed by atoms with Crippen LogP contribution in [0.2, 0.25) is 0 Å². The van der Waals surface area contributed by atoms with E-state index in [0.29, 0.717) is 0 Å². The van der Waals surface area contributed by atoms with Crippen LogP contribution in [0.3, 0.4) is 0 Å². The van der Waals surface area contributed by atoms with E-state index < -0.39 is 11.2 Å². The number of hydrogen-bond donors (Lipinski definition) is 0. The van der Waals surface area contributed by atoms with E-state index in [-0.39, 0.29) is 0 Å². The van der Waals surface area contributed by atoms with E-state index in [1.54, 1.807) is 28.4 Å². The van der Waals surface area contributed by atoms with Crippen LogP contribution in [0.1, 0.15) is 34.7 Å². The molecule has 0 aromatic heterocycles. The van der Waals surface area contributed by atoms with Gasteiger partial charge in [0.15, 0.2) is 5.60 Å². The molecule has 5 nitrogen and oxygen atoms in total. The molecule has 2 aliphatic rings. The summed E-state index contributed by atoms with van der Waals surface area (Å²) in [5.41, 5.74) is 8.06. The molecule has 1 heterocycles. The molecular formula is C43H36O5. The highest BCUT2D eigenvalue weighted by molar-refractivity contribution is 6.09. The highest BCUT2D eigenvalue weighted by atomic mass is 16.5. The zero-order valence-corrected chi connectivity index (χ0v) is 27.7. The van der Waals surface area contributed by atoms with Crippen LogP contribution in [0.5, 0.6) is 23.0 Å². The molecule has 48 heavy (non-hydrogen) atoms. The number of fused-ring (bicyclic) bond motifs is 8. The van der Waals surface area contributed by atoms with Gasteiger partial charge in [0, 0.05) is 34.7 Å². The van der Waals surface area contributed by atoms with Crippen molar-refractivity contribution in [2.45, 2.75) is 18.1 Å². The number of rotatable bonds is 7. The minimum atomic E-state index is -0.929. The highest BCUT2D eigenvalue weighted by Gasteiger charge is 2.46. The Kier molecular flexibility index (Phi) is 7.04. The molecule has 0 bridgehead atoms. The number of benzene rings is 6. The first-order chi connectivity index (χ1) is 23.4. The largest absolute Gasteiger partial charge is 0.497 e. The van der Waals surface area contributed by atoms with Gasteiger partial charge in [0.05, 0.1) is 21.3 Å². The minimum Gasteiger partial charge on any atom is -0.497 e. The Morgan fingerprint density at radius 1 is 0.583 bits per heavy atom. The van der Waals surface area contributed by atoms with Crippen molar-refractivity contribution in [3.63, 3.8) is 0 Å². The maximum atomic E-state index is 7.42. The normalized spacial score (nSPS) is 16.9. The summed E-state index contributed by atoms with van der Waals surface area (Å²) in [7, 11) is 6.85. The van der Waals surface area contributed by atoms with E-state index in [1.807, 2.05) is 36.4 Å². The second kappa shape index (κ2) is 11.3. The van der Waals surface area contributed by atoms with Crippen molar-refractivity contribution in [3.05, 3.63) is 149 Å².